The zero-order chi connectivity index (χ0) is 75.9. The zero-order valence-electron chi connectivity index (χ0n) is 60.4. The van der Waals surface area contributed by atoms with Crippen LogP contribution in [-0.2, 0) is 99.4 Å². The molecule has 1 aromatic heterocycles. The van der Waals surface area contributed by atoms with E-state index in [1.807, 2.05) is 19.1 Å². The second-order valence-electron chi connectivity index (χ2n) is 27.0. The lowest BCUT2D eigenvalue weighted by Gasteiger charge is -2.38. The van der Waals surface area contributed by atoms with Crippen LogP contribution >= 0.6 is 0 Å². The number of amides is 12. The molecule has 6 bridgehead atoms. The van der Waals surface area contributed by atoms with Crippen LogP contribution in [0, 0.1) is 5.82 Å². The zero-order valence-corrected chi connectivity index (χ0v) is 60.4. The first kappa shape index (κ1) is 80.4. The second kappa shape index (κ2) is 38.4. The molecular weight excluding hydrogens is 1360 g/mol. The summed E-state index contributed by atoms with van der Waals surface area (Å²) in [4.78, 5) is 179. The van der Waals surface area contributed by atoms with E-state index in [1.165, 1.54) is 57.3 Å². The Morgan fingerprint density at radius 3 is 2.07 bits per heavy atom. The van der Waals surface area contributed by atoms with E-state index in [0.29, 0.717) is 70.5 Å². The number of aromatic nitrogens is 1. The summed E-state index contributed by atoms with van der Waals surface area (Å²) < 4.78 is 31.4. The van der Waals surface area contributed by atoms with Crippen molar-refractivity contribution in [1.29, 1.82) is 0 Å². The number of carbonyl (C=O) groups excluding carboxylic acids is 12. The largest absolute Gasteiger partial charge is 0.497 e. The third kappa shape index (κ3) is 22.6. The highest BCUT2D eigenvalue weighted by Crippen LogP contribution is 2.33. The molecule has 0 spiro atoms. The topological polar surface area (TPSA) is 395 Å². The van der Waals surface area contributed by atoms with Crippen LogP contribution in [0.25, 0.3) is 10.9 Å². The van der Waals surface area contributed by atoms with Crippen molar-refractivity contribution in [2.24, 2.45) is 0 Å². The first-order valence-electron chi connectivity index (χ1n) is 35.6. The average Bonchev–Trinajstić information content (AvgIpc) is 1.69. The van der Waals surface area contributed by atoms with E-state index < -0.39 is 156 Å². The molecule has 9 rings (SSSR count). The lowest BCUT2D eigenvalue weighted by Crippen LogP contribution is -2.64. The molecule has 1 saturated heterocycles. The van der Waals surface area contributed by atoms with Crippen molar-refractivity contribution in [2.75, 3.05) is 60.2 Å². The van der Waals surface area contributed by atoms with E-state index >= 15 is 28.4 Å². The average molecular weight is 1460 g/mol. The molecule has 0 aliphatic carbocycles. The third-order valence-electron chi connectivity index (χ3n) is 19.1. The van der Waals surface area contributed by atoms with Gasteiger partial charge in [-0.2, -0.15) is 0 Å². The Kier molecular flexibility index (Phi) is 29.4. The Morgan fingerprint density at radius 2 is 1.35 bits per heavy atom. The van der Waals surface area contributed by atoms with Gasteiger partial charge in [-0.25, -0.2) is 4.39 Å². The number of nitrogens with one attached hydrogen (secondary N) is 11. The van der Waals surface area contributed by atoms with Crippen molar-refractivity contribution < 1.29 is 81.2 Å². The van der Waals surface area contributed by atoms with Crippen molar-refractivity contribution in [1.82, 2.24) is 68.0 Å². The Bertz CT molecular complexity index is 3910. The van der Waals surface area contributed by atoms with Crippen LogP contribution in [0.1, 0.15) is 125 Å². The van der Waals surface area contributed by atoms with Gasteiger partial charge in [0.15, 0.2) is 0 Å². The molecule has 30 heteroatoms. The number of nitrogens with zero attached hydrogens (tertiary/aromatic N) is 2. The van der Waals surface area contributed by atoms with Gasteiger partial charge in [0.05, 0.1) is 33.0 Å². The van der Waals surface area contributed by atoms with Crippen LogP contribution in [0.5, 0.6) is 5.75 Å². The monoisotopic (exact) mass is 1460 g/mol. The highest BCUT2D eigenvalue weighted by Gasteiger charge is 2.49. The molecule has 4 aromatic carbocycles. The molecule has 29 nitrogen and oxygen atoms in total. The van der Waals surface area contributed by atoms with Gasteiger partial charge >= 0.3 is 0 Å². The number of likely N-dealkylation sites (N-methyl/N-ethyl adjacent to an activating group) is 1. The van der Waals surface area contributed by atoms with Gasteiger partial charge in [-0.1, -0.05) is 74.5 Å². The fourth-order valence-corrected chi connectivity index (χ4v) is 12.8. The summed E-state index contributed by atoms with van der Waals surface area (Å²) in [6.07, 6.45) is -0.618. The lowest BCUT2D eigenvalue weighted by atomic mass is 9.90. The van der Waals surface area contributed by atoms with Gasteiger partial charge in [-0.15, -0.1) is 0 Å². The second-order valence-corrected chi connectivity index (χ2v) is 27.0. The predicted octanol–water partition coefficient (Wildman–Crippen LogP) is 1.55. The van der Waals surface area contributed by atoms with Crippen molar-refractivity contribution in [2.45, 2.75) is 178 Å². The lowest BCUT2D eigenvalue weighted by molar-refractivity contribution is -0.147. The number of methoxy groups -OCH3 is 1. The number of rotatable bonds is 16. The molecule has 10 atom stereocenters. The molecule has 4 aliphatic heterocycles. The van der Waals surface area contributed by atoms with Crippen molar-refractivity contribution >= 4 is 81.8 Å². The van der Waals surface area contributed by atoms with E-state index in [9.17, 15) is 38.7 Å². The van der Waals surface area contributed by atoms with Gasteiger partial charge in [-0.05, 0) is 117 Å². The Morgan fingerprint density at radius 1 is 0.676 bits per heavy atom. The Balaban J connectivity index is 1.15. The Hall–Kier alpha value is -10.3. The summed E-state index contributed by atoms with van der Waals surface area (Å²) in [6.45, 7) is 8.72. The van der Waals surface area contributed by atoms with Gasteiger partial charge in [0.1, 0.15) is 59.4 Å². The summed E-state index contributed by atoms with van der Waals surface area (Å²) in [5.41, 5.74) is 2.48. The molecule has 4 aliphatic rings. The van der Waals surface area contributed by atoms with Gasteiger partial charge in [0, 0.05) is 108 Å². The number of hydrogen-bond donors (Lipinski definition) is 12. The Labute approximate surface area is 609 Å². The third-order valence-corrected chi connectivity index (χ3v) is 19.1. The number of benzene rings is 4. The summed E-state index contributed by atoms with van der Waals surface area (Å²) >= 11 is 0. The summed E-state index contributed by atoms with van der Waals surface area (Å²) in [5, 5.41) is 39.1. The standard InChI is InChI=1S/C75H98FN13O16/c1-8-32-104-34-35-105-33-28-63(93)81-43-59-69(97)82-45(3)67(95)84-57-37-49-11-9-12-50(36-49)41-80-61(91)24-23-60(88(6)72(100)58(85-68(57)96)38-52-42-78-56-22-19-53(76)39-55(52)56)70(98)87-66(46(4)90)71(99)86-65(44(2)51-17-20-54(103-7)21-18-51)73(101)89-31-10-29-75(89,5)74(102)77-30-27-47-13-15-48(16-14-47)40-79-62(92)25-26-64(94)83-59/h9,11-22,36,39,42,44-46,57-60,65-66,78,90H,8,10,23-35,37-38,40-41,43H2,1-7H3,(H,77,102)(H,79,92)(H,80,91)(H,81,93)(H,82,97)(H,83,94)(H,84,95)(H,85,96)(H,86,99)(H,87,98)/t44-,45+,46+,57-,58-,59-,60-,65-,66-,75-/m0/s1. The van der Waals surface area contributed by atoms with Crippen molar-refractivity contribution in [3.63, 3.8) is 0 Å². The van der Waals surface area contributed by atoms with E-state index in [4.69, 9.17) is 14.2 Å². The van der Waals surface area contributed by atoms with Crippen LogP contribution in [0.4, 0.5) is 4.39 Å². The maximum atomic E-state index is 15.5. The minimum Gasteiger partial charge on any atom is -0.497 e. The molecule has 5 heterocycles. The fraction of sp³-hybridized carbons (Fsp3) is 0.493. The number of aromatic amines is 1. The quantitative estimate of drug-likeness (QED) is 0.0493. The summed E-state index contributed by atoms with van der Waals surface area (Å²) in [6, 6.07) is 13.4. The first-order chi connectivity index (χ1) is 50.2. The van der Waals surface area contributed by atoms with Crippen molar-refractivity contribution in [3.8, 4) is 5.75 Å². The summed E-state index contributed by atoms with van der Waals surface area (Å²) in [5.74, 6) is -10.3. The maximum absolute atomic E-state index is 15.5. The van der Waals surface area contributed by atoms with Crippen molar-refractivity contribution in [3.05, 3.63) is 136 Å². The normalized spacial score (nSPS) is 23.6. The van der Waals surface area contributed by atoms with E-state index in [2.05, 4.69) is 58.2 Å². The number of carbonyl (C=O) groups is 12. The van der Waals surface area contributed by atoms with Crippen LogP contribution < -0.4 is 57.9 Å². The number of ether oxygens (including phenoxy) is 3. The van der Waals surface area contributed by atoms with Gasteiger partial charge < -0.3 is 87.3 Å². The number of hydrogen-bond acceptors (Lipinski definition) is 16. The number of aliphatic hydroxyl groups is 1. The van der Waals surface area contributed by atoms with Crippen LogP contribution in [0.15, 0.2) is 97.2 Å². The molecule has 5 aromatic rings. The molecule has 12 N–H and O–H groups in total. The van der Waals surface area contributed by atoms with Crippen LogP contribution in [0.2, 0.25) is 0 Å². The van der Waals surface area contributed by atoms with E-state index in [1.54, 1.807) is 74.5 Å². The first-order valence-corrected chi connectivity index (χ1v) is 35.6. The SMILES string of the molecule is CCCOCCOCCC(=O)NC[C@@H]1NC(=O)CCC(=O)NCc2ccc(cc2)CCNC(=O)[C@]2(C)CCCN2C(=O)[C@H]([C@@H](C)c2ccc(OC)cc2)NC(=O)[C@H]([C@@H](C)O)NC(=O)[C@@H]2CCC(=O)NCc3cccc(c3)C[C@H](NC(=O)[C@@H](C)NC1=O)C(=O)N[C@@H](Cc1c[nH]c3ccc(F)cc13)C(=O)N2C. The molecule has 12 amide bonds. The molecule has 0 radical (unpaired) electrons. The highest BCUT2D eigenvalue weighted by atomic mass is 19.1. The van der Waals surface area contributed by atoms with Gasteiger partial charge in [0.25, 0.3) is 0 Å². The number of aliphatic hydroxyl groups excluding tert-OH is 1. The molecule has 0 unspecified atom stereocenters. The van der Waals surface area contributed by atoms with Gasteiger partial charge in [0.2, 0.25) is 70.9 Å². The number of halogens is 1. The highest BCUT2D eigenvalue weighted by molar-refractivity contribution is 6.00. The van der Waals surface area contributed by atoms with Crippen LogP contribution in [0.3, 0.4) is 0 Å². The minimum absolute atomic E-state index is 0.00634. The number of fused-ring (bicyclic) bond motifs is 26. The predicted molar refractivity (Wildman–Crippen MR) is 383 cm³/mol. The molecule has 105 heavy (non-hydrogen) atoms. The number of H-pyrrole nitrogens is 1. The van der Waals surface area contributed by atoms with Gasteiger partial charge in [-0.3, -0.25) is 57.5 Å². The van der Waals surface area contributed by atoms with E-state index in [0.717, 1.165) is 16.9 Å². The summed E-state index contributed by atoms with van der Waals surface area (Å²) in [7, 11) is 2.72. The maximum Gasteiger partial charge on any atom is 0.246 e. The van der Waals surface area contributed by atoms with Crippen LogP contribution in [-0.4, -0.2) is 205 Å². The smallest absolute Gasteiger partial charge is 0.246 e. The fourth-order valence-electron chi connectivity index (χ4n) is 12.8. The van der Waals surface area contributed by atoms with E-state index in [-0.39, 0.29) is 77.9 Å². The molecular formula is C75H98FN13O16. The molecule has 566 valence electrons. The molecule has 0 saturated carbocycles. The molecule has 1 fully saturated rings. The minimum atomic E-state index is -1.85.